The van der Waals surface area contributed by atoms with Gasteiger partial charge in [-0.1, -0.05) is 12.1 Å². The fraction of sp³-hybridized carbons (Fsp3) is 0.300. The zero-order valence-electron chi connectivity index (χ0n) is 15.1. The van der Waals surface area contributed by atoms with Crippen molar-refractivity contribution >= 4 is 23.3 Å². The van der Waals surface area contributed by atoms with Gasteiger partial charge in [0.1, 0.15) is 12.4 Å². The summed E-state index contributed by atoms with van der Waals surface area (Å²) in [6.45, 7) is 1.06. The molecule has 146 valence electrons. The van der Waals surface area contributed by atoms with Crippen molar-refractivity contribution in [1.82, 2.24) is 5.32 Å². The van der Waals surface area contributed by atoms with E-state index in [9.17, 15) is 14.0 Å². The Labute approximate surface area is 161 Å². The van der Waals surface area contributed by atoms with Crippen molar-refractivity contribution in [2.45, 2.75) is 18.9 Å². The molecule has 8 heteroatoms. The number of fused-ring (bicyclic) bond motifs is 1. The van der Waals surface area contributed by atoms with Gasteiger partial charge in [-0.2, -0.15) is 0 Å². The van der Waals surface area contributed by atoms with E-state index in [0.717, 1.165) is 0 Å². The van der Waals surface area contributed by atoms with Crippen LogP contribution in [-0.4, -0.2) is 37.7 Å². The van der Waals surface area contributed by atoms with Crippen molar-refractivity contribution in [3.8, 4) is 11.5 Å². The second-order valence-corrected chi connectivity index (χ2v) is 6.65. The highest BCUT2D eigenvalue weighted by molar-refractivity contribution is 5.97. The summed E-state index contributed by atoms with van der Waals surface area (Å²) >= 11 is 0. The highest BCUT2D eigenvalue weighted by Gasteiger charge is 2.25. The Hall–Kier alpha value is -3.29. The summed E-state index contributed by atoms with van der Waals surface area (Å²) in [6.07, 6.45) is 0.791. The summed E-state index contributed by atoms with van der Waals surface area (Å²) in [6, 6.07) is 11.1. The van der Waals surface area contributed by atoms with Gasteiger partial charge in [0.25, 0.3) is 0 Å². The van der Waals surface area contributed by atoms with E-state index in [1.165, 1.54) is 23.1 Å². The number of carbonyl (C=O) groups excluding carboxylic acids is 2. The topological polar surface area (TPSA) is 79.9 Å². The lowest BCUT2D eigenvalue weighted by atomic mass is 10.2. The van der Waals surface area contributed by atoms with E-state index < -0.39 is 11.8 Å². The number of benzene rings is 2. The summed E-state index contributed by atoms with van der Waals surface area (Å²) in [7, 11) is 0. The van der Waals surface area contributed by atoms with Crippen LogP contribution in [0.15, 0.2) is 42.5 Å². The quantitative estimate of drug-likeness (QED) is 0.848. The molecule has 0 bridgehead atoms. The van der Waals surface area contributed by atoms with Crippen molar-refractivity contribution < 1.29 is 23.5 Å². The average Bonchev–Trinajstić information content (AvgIpc) is 3.13. The number of urea groups is 1. The van der Waals surface area contributed by atoms with Crippen molar-refractivity contribution in [2.24, 2.45) is 0 Å². The molecule has 2 aliphatic rings. The van der Waals surface area contributed by atoms with Crippen molar-refractivity contribution in [3.63, 3.8) is 0 Å². The number of nitrogens with one attached hydrogen (secondary N) is 2. The molecule has 0 aliphatic carbocycles. The highest BCUT2D eigenvalue weighted by atomic mass is 19.1. The van der Waals surface area contributed by atoms with Gasteiger partial charge in [0, 0.05) is 18.7 Å². The monoisotopic (exact) mass is 385 g/mol. The lowest BCUT2D eigenvalue weighted by molar-refractivity contribution is -0.117. The van der Waals surface area contributed by atoms with Crippen LogP contribution in [-0.2, 0) is 4.79 Å². The van der Waals surface area contributed by atoms with Crippen LogP contribution >= 0.6 is 0 Å². The molecule has 1 saturated heterocycles. The van der Waals surface area contributed by atoms with Crippen LogP contribution in [0.4, 0.5) is 20.6 Å². The molecule has 2 aliphatic heterocycles. The maximum Gasteiger partial charge on any atom is 0.319 e. The zero-order valence-corrected chi connectivity index (χ0v) is 15.1. The van der Waals surface area contributed by atoms with Crippen LogP contribution in [0.5, 0.6) is 11.5 Å². The molecule has 2 aromatic rings. The average molecular weight is 385 g/mol. The maximum absolute atomic E-state index is 14.1. The third kappa shape index (κ3) is 3.85. The van der Waals surface area contributed by atoms with E-state index in [0.29, 0.717) is 43.2 Å². The fourth-order valence-corrected chi connectivity index (χ4v) is 3.25. The van der Waals surface area contributed by atoms with Gasteiger partial charge >= 0.3 is 6.03 Å². The minimum atomic E-state index is -0.493. The predicted molar refractivity (Wildman–Crippen MR) is 101 cm³/mol. The first-order chi connectivity index (χ1) is 13.6. The molecule has 0 spiro atoms. The first-order valence-corrected chi connectivity index (χ1v) is 9.13. The Morgan fingerprint density at radius 2 is 2.04 bits per heavy atom. The van der Waals surface area contributed by atoms with Gasteiger partial charge in [-0.15, -0.1) is 0 Å². The van der Waals surface area contributed by atoms with Crippen molar-refractivity contribution in [3.05, 3.63) is 48.3 Å². The molecule has 2 aromatic carbocycles. The van der Waals surface area contributed by atoms with E-state index in [-0.39, 0.29) is 24.2 Å². The van der Waals surface area contributed by atoms with Gasteiger partial charge in [-0.25, -0.2) is 9.18 Å². The van der Waals surface area contributed by atoms with Crippen molar-refractivity contribution in [1.29, 1.82) is 0 Å². The maximum atomic E-state index is 14.1. The third-order valence-electron chi connectivity index (χ3n) is 4.63. The normalized spacial score (nSPS) is 18.1. The number of ether oxygens (including phenoxy) is 2. The Bertz CT molecular complexity index is 905. The van der Waals surface area contributed by atoms with Crippen LogP contribution in [0.1, 0.15) is 12.8 Å². The number of carbonyl (C=O) groups is 2. The first-order valence-electron chi connectivity index (χ1n) is 9.13. The molecule has 2 N–H and O–H groups in total. The first kappa shape index (κ1) is 18.1. The molecule has 4 rings (SSSR count). The molecular weight excluding hydrogens is 365 g/mol. The summed E-state index contributed by atoms with van der Waals surface area (Å²) in [4.78, 5) is 25.5. The highest BCUT2D eigenvalue weighted by Crippen LogP contribution is 2.31. The Morgan fingerprint density at radius 3 is 2.82 bits per heavy atom. The number of nitrogens with zero attached hydrogens (tertiary/aromatic N) is 1. The van der Waals surface area contributed by atoms with Gasteiger partial charge in [0.15, 0.2) is 17.6 Å². The van der Waals surface area contributed by atoms with Gasteiger partial charge in [-0.3, -0.25) is 4.79 Å². The standard InChI is InChI=1S/C20H20FN3O4/c21-15-8-7-13(10-16(15)24-9-3-6-19(24)25)23-20(26)22-11-14-12-27-17-4-1-2-5-18(17)28-14/h1-2,4-5,7-8,10,14H,3,6,9,11-12H2,(H2,22,23,26)/t14-/m0/s1. The van der Waals surface area contributed by atoms with E-state index in [2.05, 4.69) is 10.6 Å². The second-order valence-electron chi connectivity index (χ2n) is 6.65. The molecule has 0 saturated carbocycles. The summed E-state index contributed by atoms with van der Waals surface area (Å²) < 4.78 is 25.5. The van der Waals surface area contributed by atoms with E-state index in [1.807, 2.05) is 18.2 Å². The van der Waals surface area contributed by atoms with E-state index in [4.69, 9.17) is 9.47 Å². The minimum absolute atomic E-state index is 0.116. The van der Waals surface area contributed by atoms with Crippen LogP contribution in [0, 0.1) is 5.82 Å². The predicted octanol–water partition coefficient (Wildman–Crippen LogP) is 2.91. The number of hydrogen-bond donors (Lipinski definition) is 2. The summed E-state index contributed by atoms with van der Waals surface area (Å²) in [5, 5.41) is 5.37. The molecule has 0 aromatic heterocycles. The Kier molecular flexibility index (Phi) is 5.01. The molecular formula is C20H20FN3O4. The lowest BCUT2D eigenvalue weighted by Gasteiger charge is -2.26. The number of amides is 3. The Balaban J connectivity index is 1.34. The van der Waals surface area contributed by atoms with Gasteiger partial charge in [0.05, 0.1) is 12.2 Å². The number of rotatable bonds is 4. The van der Waals surface area contributed by atoms with Gasteiger partial charge < -0.3 is 25.0 Å². The number of anilines is 2. The van der Waals surface area contributed by atoms with Gasteiger partial charge in [0.2, 0.25) is 5.91 Å². The molecule has 28 heavy (non-hydrogen) atoms. The SMILES string of the molecule is O=C(NC[C@H]1COc2ccccc2O1)Nc1ccc(F)c(N2CCCC2=O)c1. The van der Waals surface area contributed by atoms with E-state index >= 15 is 0 Å². The molecule has 0 radical (unpaired) electrons. The van der Waals surface area contributed by atoms with Crippen LogP contribution in [0.25, 0.3) is 0 Å². The molecule has 1 atom stereocenters. The molecule has 3 amide bonds. The van der Waals surface area contributed by atoms with Gasteiger partial charge in [-0.05, 0) is 36.8 Å². The molecule has 7 nitrogen and oxygen atoms in total. The largest absolute Gasteiger partial charge is 0.486 e. The minimum Gasteiger partial charge on any atom is -0.486 e. The number of halogens is 1. The third-order valence-corrected chi connectivity index (χ3v) is 4.63. The fourth-order valence-electron chi connectivity index (χ4n) is 3.25. The molecule has 0 unspecified atom stereocenters. The zero-order chi connectivity index (χ0) is 19.5. The smallest absolute Gasteiger partial charge is 0.319 e. The van der Waals surface area contributed by atoms with Crippen LogP contribution in [0.3, 0.4) is 0 Å². The lowest BCUT2D eigenvalue weighted by Crippen LogP contribution is -2.42. The second kappa shape index (κ2) is 7.75. The number of para-hydroxylation sites is 2. The van der Waals surface area contributed by atoms with Crippen molar-refractivity contribution in [2.75, 3.05) is 29.9 Å². The van der Waals surface area contributed by atoms with Crippen LogP contribution < -0.4 is 25.0 Å². The summed E-state index contributed by atoms with van der Waals surface area (Å²) in [5.41, 5.74) is 0.584. The molecule has 2 heterocycles. The molecule has 1 fully saturated rings. The van der Waals surface area contributed by atoms with Crippen LogP contribution in [0.2, 0.25) is 0 Å². The summed E-state index contributed by atoms with van der Waals surface area (Å²) in [5.74, 6) is 0.709. The van der Waals surface area contributed by atoms with E-state index in [1.54, 1.807) is 6.07 Å². The number of hydrogen-bond acceptors (Lipinski definition) is 4. The Morgan fingerprint density at radius 1 is 1.21 bits per heavy atom.